The number of imidazole rings is 1. The Morgan fingerprint density at radius 2 is 1.85 bits per heavy atom. The first kappa shape index (κ1) is 21.1. The molecule has 1 atom stereocenters. The number of piperidine rings is 1. The van der Waals surface area contributed by atoms with Crippen molar-refractivity contribution in [3.63, 3.8) is 0 Å². The van der Waals surface area contributed by atoms with Crippen molar-refractivity contribution in [3.05, 3.63) is 35.8 Å². The lowest BCUT2D eigenvalue weighted by Gasteiger charge is -2.56. The number of carbonyl (C=O) groups excluding carboxylic acids is 2. The van der Waals surface area contributed by atoms with E-state index in [1.165, 1.54) is 38.5 Å². The largest absolute Gasteiger partial charge is 0.391 e. The van der Waals surface area contributed by atoms with Gasteiger partial charge in [-0.15, -0.1) is 0 Å². The van der Waals surface area contributed by atoms with Gasteiger partial charge < -0.3 is 15.3 Å². The molecule has 7 rings (SSSR count). The predicted octanol–water partition coefficient (Wildman–Crippen LogP) is 2.81. The number of hydrogen-bond donors (Lipinski definition) is 2. The molecular weight excluding hydrogens is 416 g/mol. The van der Waals surface area contributed by atoms with E-state index in [4.69, 9.17) is 0 Å². The summed E-state index contributed by atoms with van der Waals surface area (Å²) in [6.45, 7) is 1.84. The van der Waals surface area contributed by atoms with Crippen molar-refractivity contribution in [2.45, 2.75) is 63.9 Å². The van der Waals surface area contributed by atoms with E-state index in [1.54, 1.807) is 4.90 Å². The Balaban J connectivity index is 1.15. The van der Waals surface area contributed by atoms with Crippen molar-refractivity contribution in [3.8, 4) is 0 Å². The summed E-state index contributed by atoms with van der Waals surface area (Å²) in [4.78, 5) is 32.2. The van der Waals surface area contributed by atoms with E-state index >= 15 is 0 Å². The van der Waals surface area contributed by atoms with E-state index in [0.717, 1.165) is 37.1 Å². The smallest absolute Gasteiger partial charge is 0.268 e. The highest BCUT2D eigenvalue weighted by Crippen LogP contribution is 2.59. The fourth-order valence-corrected chi connectivity index (χ4v) is 7.64. The number of β-amino-alcohol motifs (C(OH)–C–C–N with tert-alkyl or cyclic N) is 1. The highest BCUT2D eigenvalue weighted by atomic mass is 16.3. The summed E-state index contributed by atoms with van der Waals surface area (Å²) in [6, 6.07) is 5.55. The van der Waals surface area contributed by atoms with Crippen LogP contribution in [0.3, 0.4) is 0 Å². The number of pyridine rings is 1. The number of nitrogens with zero attached hydrogens (tertiary/aromatic N) is 3. The van der Waals surface area contributed by atoms with Gasteiger partial charge in [-0.05, 0) is 86.7 Å². The third-order valence-electron chi connectivity index (χ3n) is 8.65. The Bertz CT molecular complexity index is 1040. The van der Waals surface area contributed by atoms with Gasteiger partial charge in [0.1, 0.15) is 11.3 Å². The van der Waals surface area contributed by atoms with Gasteiger partial charge >= 0.3 is 0 Å². The van der Waals surface area contributed by atoms with Crippen molar-refractivity contribution < 1.29 is 14.7 Å². The summed E-state index contributed by atoms with van der Waals surface area (Å²) in [6.07, 6.45) is 11.2. The minimum absolute atomic E-state index is 0.0232. The number of aliphatic hydroxyl groups excluding tert-OH is 1. The number of rotatable bonds is 5. The molecular formula is C26H34N4O3. The maximum absolute atomic E-state index is 13.2. The summed E-state index contributed by atoms with van der Waals surface area (Å²) in [5.41, 5.74) is 2.20. The Kier molecular flexibility index (Phi) is 5.20. The number of amides is 2. The molecule has 2 aromatic rings. The summed E-state index contributed by atoms with van der Waals surface area (Å²) >= 11 is 0. The number of carbonyl (C=O) groups is 2. The summed E-state index contributed by atoms with van der Waals surface area (Å²) in [5.74, 6) is 2.51. The first-order valence-corrected chi connectivity index (χ1v) is 12.7. The van der Waals surface area contributed by atoms with Gasteiger partial charge in [-0.3, -0.25) is 14.0 Å². The predicted molar refractivity (Wildman–Crippen MR) is 124 cm³/mol. The van der Waals surface area contributed by atoms with Gasteiger partial charge in [0.05, 0.1) is 18.2 Å². The van der Waals surface area contributed by atoms with Crippen LogP contribution in [0.25, 0.3) is 5.65 Å². The maximum Gasteiger partial charge on any atom is 0.268 e. The van der Waals surface area contributed by atoms with Gasteiger partial charge in [0.15, 0.2) is 0 Å². The number of aromatic nitrogens is 2. The Morgan fingerprint density at radius 3 is 2.55 bits per heavy atom. The molecule has 2 aromatic heterocycles. The van der Waals surface area contributed by atoms with Crippen molar-refractivity contribution in [2.75, 3.05) is 19.6 Å². The lowest BCUT2D eigenvalue weighted by atomic mass is 9.49. The molecule has 0 spiro atoms. The normalized spacial score (nSPS) is 32.9. The lowest BCUT2D eigenvalue weighted by molar-refractivity contribution is -0.133. The zero-order chi connectivity index (χ0) is 22.6. The Hall–Kier alpha value is -2.41. The van der Waals surface area contributed by atoms with Crippen LogP contribution in [0, 0.1) is 23.2 Å². The molecule has 3 heterocycles. The van der Waals surface area contributed by atoms with E-state index in [9.17, 15) is 14.7 Å². The summed E-state index contributed by atoms with van der Waals surface area (Å²) < 4.78 is 1.81. The molecule has 176 valence electrons. The van der Waals surface area contributed by atoms with Crippen LogP contribution in [0.5, 0.6) is 0 Å². The monoisotopic (exact) mass is 450 g/mol. The molecule has 4 saturated carbocycles. The van der Waals surface area contributed by atoms with Gasteiger partial charge in [0, 0.05) is 25.8 Å². The van der Waals surface area contributed by atoms with E-state index in [1.807, 2.05) is 28.8 Å². The van der Waals surface area contributed by atoms with Crippen LogP contribution in [0.15, 0.2) is 24.4 Å². The molecule has 33 heavy (non-hydrogen) atoms. The van der Waals surface area contributed by atoms with E-state index < -0.39 is 6.10 Å². The Morgan fingerprint density at radius 1 is 1.12 bits per heavy atom. The molecule has 1 unspecified atom stereocenters. The molecule has 1 aliphatic heterocycles. The average molecular weight is 451 g/mol. The molecule has 2 amide bonds. The second kappa shape index (κ2) is 8.12. The molecule has 7 nitrogen and oxygen atoms in total. The van der Waals surface area contributed by atoms with Crippen molar-refractivity contribution >= 4 is 17.5 Å². The molecule has 0 aromatic carbocycles. The first-order chi connectivity index (χ1) is 16.0. The van der Waals surface area contributed by atoms with Crippen LogP contribution in [0.1, 0.15) is 67.5 Å². The second-order valence-electron chi connectivity index (χ2n) is 11.3. The van der Waals surface area contributed by atoms with Crippen LogP contribution in [0.4, 0.5) is 0 Å². The number of fused-ring (bicyclic) bond motifs is 1. The van der Waals surface area contributed by atoms with Crippen molar-refractivity contribution in [1.82, 2.24) is 19.6 Å². The second-order valence-corrected chi connectivity index (χ2v) is 11.3. The van der Waals surface area contributed by atoms with Gasteiger partial charge in [0.25, 0.3) is 5.91 Å². The number of nitrogens with one attached hydrogen (secondary N) is 1. The number of hydrogen-bond acceptors (Lipinski definition) is 4. The fraction of sp³-hybridized carbons (Fsp3) is 0.654. The third kappa shape index (κ3) is 4.05. The highest BCUT2D eigenvalue weighted by molar-refractivity contribution is 5.93. The number of aliphatic hydroxyl groups is 1. The van der Waals surface area contributed by atoms with Crippen LogP contribution in [0.2, 0.25) is 0 Å². The zero-order valence-electron chi connectivity index (χ0n) is 19.2. The summed E-state index contributed by atoms with van der Waals surface area (Å²) in [5, 5.41) is 13.1. The van der Waals surface area contributed by atoms with E-state index in [2.05, 4.69) is 10.3 Å². The van der Waals surface area contributed by atoms with Crippen LogP contribution in [-0.2, 0) is 11.2 Å². The highest BCUT2D eigenvalue weighted by Gasteiger charge is 2.50. The minimum atomic E-state index is -0.437. The van der Waals surface area contributed by atoms with Crippen LogP contribution < -0.4 is 5.32 Å². The Labute approximate surface area is 194 Å². The standard InChI is InChI=1S/C26H34N4O3/c31-21-3-2-6-29(15-21)24(32)10-20-14-30-22(4-1-5-23(30)28-20)25(33)27-16-26-11-17-7-18(12-26)9-19(8-17)13-26/h1,4-5,14,17-19,21,31H,2-3,6-13,15-16H2,(H,27,33). The van der Waals surface area contributed by atoms with Crippen molar-refractivity contribution in [2.24, 2.45) is 23.2 Å². The molecule has 5 aliphatic rings. The van der Waals surface area contributed by atoms with Gasteiger partial charge in [-0.1, -0.05) is 6.07 Å². The summed E-state index contributed by atoms with van der Waals surface area (Å²) in [7, 11) is 0. The molecule has 1 saturated heterocycles. The average Bonchev–Trinajstić information content (AvgIpc) is 3.19. The van der Waals surface area contributed by atoms with Gasteiger partial charge in [0.2, 0.25) is 5.91 Å². The maximum atomic E-state index is 13.2. The SMILES string of the molecule is O=C(NCC12CC3CC(CC(C3)C1)C2)c1cccc2nc(CC(=O)N3CCCC(O)C3)cn12. The molecule has 4 bridgehead atoms. The zero-order valence-corrected chi connectivity index (χ0v) is 19.2. The van der Waals surface area contributed by atoms with Gasteiger partial charge in [-0.25, -0.2) is 4.98 Å². The van der Waals surface area contributed by atoms with E-state index in [0.29, 0.717) is 35.5 Å². The fourth-order valence-electron chi connectivity index (χ4n) is 7.64. The lowest BCUT2D eigenvalue weighted by Crippen LogP contribution is -2.51. The quantitative estimate of drug-likeness (QED) is 0.733. The van der Waals surface area contributed by atoms with Gasteiger partial charge in [-0.2, -0.15) is 0 Å². The van der Waals surface area contributed by atoms with Crippen LogP contribution >= 0.6 is 0 Å². The molecule has 7 heteroatoms. The first-order valence-electron chi connectivity index (χ1n) is 12.7. The molecule has 2 N–H and O–H groups in total. The molecule has 5 fully saturated rings. The van der Waals surface area contributed by atoms with Crippen LogP contribution in [-0.4, -0.2) is 56.9 Å². The topological polar surface area (TPSA) is 86.9 Å². The van der Waals surface area contributed by atoms with Crippen molar-refractivity contribution in [1.29, 1.82) is 0 Å². The van der Waals surface area contributed by atoms with E-state index in [-0.39, 0.29) is 18.2 Å². The third-order valence-corrected chi connectivity index (χ3v) is 8.65. The molecule has 4 aliphatic carbocycles. The molecule has 0 radical (unpaired) electrons. The number of likely N-dealkylation sites (tertiary alicyclic amines) is 1. The minimum Gasteiger partial charge on any atom is -0.391 e.